The van der Waals surface area contributed by atoms with Crippen LogP contribution in [0.15, 0.2) is 46.9 Å². The molecule has 0 saturated carbocycles. The maximum absolute atomic E-state index is 13.8. The van der Waals surface area contributed by atoms with Gasteiger partial charge in [0.1, 0.15) is 11.9 Å². The quantitative estimate of drug-likeness (QED) is 0.888. The van der Waals surface area contributed by atoms with E-state index in [-0.39, 0.29) is 5.56 Å². The summed E-state index contributed by atoms with van der Waals surface area (Å²) in [6, 6.07) is 12.3. The van der Waals surface area contributed by atoms with Crippen LogP contribution < -0.4 is 0 Å². The summed E-state index contributed by atoms with van der Waals surface area (Å²) in [6.45, 7) is 1.94. The number of halogens is 2. The van der Waals surface area contributed by atoms with Crippen molar-refractivity contribution < 1.29 is 9.50 Å². The molecule has 88 valence electrons. The molecule has 0 bridgehead atoms. The fourth-order valence-electron chi connectivity index (χ4n) is 1.75. The SMILES string of the molecule is Cc1cccc(C(O)c2cccc(Br)c2F)c1. The van der Waals surface area contributed by atoms with Crippen LogP contribution >= 0.6 is 15.9 Å². The number of aliphatic hydroxyl groups excluding tert-OH is 1. The molecule has 1 nitrogen and oxygen atoms in total. The second kappa shape index (κ2) is 4.98. The van der Waals surface area contributed by atoms with Gasteiger partial charge in [-0.2, -0.15) is 0 Å². The Labute approximate surface area is 108 Å². The Hall–Kier alpha value is -1.19. The molecule has 0 aliphatic heterocycles. The summed E-state index contributed by atoms with van der Waals surface area (Å²) in [5.41, 5.74) is 2.02. The van der Waals surface area contributed by atoms with Gasteiger partial charge in [-0.05, 0) is 34.5 Å². The predicted molar refractivity (Wildman–Crippen MR) is 69.3 cm³/mol. The molecule has 3 heteroatoms. The summed E-state index contributed by atoms with van der Waals surface area (Å²) in [5.74, 6) is -0.415. The highest BCUT2D eigenvalue weighted by Gasteiger charge is 2.16. The molecule has 1 atom stereocenters. The van der Waals surface area contributed by atoms with Gasteiger partial charge in [0.05, 0.1) is 4.47 Å². The molecule has 1 N–H and O–H groups in total. The number of hydrogen-bond donors (Lipinski definition) is 1. The van der Waals surface area contributed by atoms with Crippen molar-refractivity contribution in [3.63, 3.8) is 0 Å². The first-order valence-corrected chi connectivity index (χ1v) is 6.07. The van der Waals surface area contributed by atoms with Gasteiger partial charge in [0, 0.05) is 5.56 Å². The lowest BCUT2D eigenvalue weighted by molar-refractivity contribution is 0.214. The Kier molecular flexibility index (Phi) is 3.60. The minimum Gasteiger partial charge on any atom is -0.384 e. The van der Waals surface area contributed by atoms with Crippen molar-refractivity contribution in [2.75, 3.05) is 0 Å². The number of rotatable bonds is 2. The molecule has 0 aromatic heterocycles. The van der Waals surface area contributed by atoms with Gasteiger partial charge in [-0.3, -0.25) is 0 Å². The monoisotopic (exact) mass is 294 g/mol. The Morgan fingerprint density at radius 2 is 1.88 bits per heavy atom. The lowest BCUT2D eigenvalue weighted by atomic mass is 10.00. The topological polar surface area (TPSA) is 20.2 Å². The number of benzene rings is 2. The maximum atomic E-state index is 13.8. The Morgan fingerprint density at radius 1 is 1.18 bits per heavy atom. The van der Waals surface area contributed by atoms with Crippen LogP contribution in [0.25, 0.3) is 0 Å². The summed E-state index contributed by atoms with van der Waals surface area (Å²) in [5, 5.41) is 10.2. The van der Waals surface area contributed by atoms with Gasteiger partial charge in [-0.15, -0.1) is 0 Å². The van der Waals surface area contributed by atoms with Gasteiger partial charge in [0.15, 0.2) is 0 Å². The van der Waals surface area contributed by atoms with Crippen LogP contribution in [-0.4, -0.2) is 5.11 Å². The third-order valence-electron chi connectivity index (χ3n) is 2.63. The molecule has 0 amide bonds. The van der Waals surface area contributed by atoms with Crippen LogP contribution in [0.4, 0.5) is 4.39 Å². The summed E-state index contributed by atoms with van der Waals surface area (Å²) in [7, 11) is 0. The molecule has 2 aromatic rings. The minimum atomic E-state index is -0.938. The fraction of sp³-hybridized carbons (Fsp3) is 0.143. The highest BCUT2D eigenvalue weighted by molar-refractivity contribution is 9.10. The Balaban J connectivity index is 2.44. The number of aryl methyl sites for hydroxylation is 1. The van der Waals surface area contributed by atoms with Gasteiger partial charge < -0.3 is 5.11 Å². The second-order valence-electron chi connectivity index (χ2n) is 3.96. The van der Waals surface area contributed by atoms with E-state index < -0.39 is 11.9 Å². The van der Waals surface area contributed by atoms with Crippen LogP contribution in [0.3, 0.4) is 0 Å². The summed E-state index contributed by atoms with van der Waals surface area (Å²) < 4.78 is 14.2. The molecule has 0 fully saturated rings. The highest BCUT2D eigenvalue weighted by atomic mass is 79.9. The third-order valence-corrected chi connectivity index (χ3v) is 3.25. The zero-order valence-corrected chi connectivity index (χ0v) is 10.9. The van der Waals surface area contributed by atoms with E-state index in [1.807, 2.05) is 25.1 Å². The van der Waals surface area contributed by atoms with E-state index in [4.69, 9.17) is 0 Å². The molecular weight excluding hydrogens is 283 g/mol. The van der Waals surface area contributed by atoms with Crippen molar-refractivity contribution in [3.8, 4) is 0 Å². The Morgan fingerprint density at radius 3 is 2.59 bits per heavy atom. The zero-order chi connectivity index (χ0) is 12.4. The smallest absolute Gasteiger partial charge is 0.143 e. The fourth-order valence-corrected chi connectivity index (χ4v) is 2.13. The van der Waals surface area contributed by atoms with Crippen molar-refractivity contribution in [1.29, 1.82) is 0 Å². The highest BCUT2D eigenvalue weighted by Crippen LogP contribution is 2.28. The van der Waals surface area contributed by atoms with Gasteiger partial charge >= 0.3 is 0 Å². The van der Waals surface area contributed by atoms with Crippen LogP contribution in [0.1, 0.15) is 22.8 Å². The van der Waals surface area contributed by atoms with Crippen LogP contribution in [0.2, 0.25) is 0 Å². The van der Waals surface area contributed by atoms with E-state index in [1.54, 1.807) is 24.3 Å². The molecule has 0 radical (unpaired) electrons. The molecular formula is C14H12BrFO. The average Bonchev–Trinajstić information content (AvgIpc) is 2.32. The first-order valence-electron chi connectivity index (χ1n) is 5.28. The lowest BCUT2D eigenvalue weighted by Crippen LogP contribution is -2.03. The molecule has 1 unspecified atom stereocenters. The largest absolute Gasteiger partial charge is 0.384 e. The van der Waals surface area contributed by atoms with Gasteiger partial charge in [0.2, 0.25) is 0 Å². The standard InChI is InChI=1S/C14H12BrFO/c1-9-4-2-5-10(8-9)14(17)11-6-3-7-12(15)13(11)16/h2-8,14,17H,1H3. The molecule has 2 aromatic carbocycles. The van der Waals surface area contributed by atoms with Gasteiger partial charge in [-0.25, -0.2) is 4.39 Å². The summed E-state index contributed by atoms with van der Waals surface area (Å²) >= 11 is 3.12. The molecule has 17 heavy (non-hydrogen) atoms. The number of hydrogen-bond acceptors (Lipinski definition) is 1. The third kappa shape index (κ3) is 2.56. The van der Waals surface area contributed by atoms with Crippen molar-refractivity contribution >= 4 is 15.9 Å². The van der Waals surface area contributed by atoms with E-state index in [2.05, 4.69) is 15.9 Å². The van der Waals surface area contributed by atoms with Crippen LogP contribution in [0, 0.1) is 12.7 Å². The first kappa shape index (κ1) is 12.3. The predicted octanol–water partition coefficient (Wildman–Crippen LogP) is 3.98. The molecule has 0 heterocycles. The van der Waals surface area contributed by atoms with Crippen molar-refractivity contribution in [2.45, 2.75) is 13.0 Å². The molecule has 0 aliphatic rings. The minimum absolute atomic E-state index is 0.282. The Bertz CT molecular complexity index is 539. The molecule has 0 aliphatic carbocycles. The van der Waals surface area contributed by atoms with E-state index in [0.717, 1.165) is 5.56 Å². The second-order valence-corrected chi connectivity index (χ2v) is 4.81. The first-order chi connectivity index (χ1) is 8.09. The van der Waals surface area contributed by atoms with Gasteiger partial charge in [0.25, 0.3) is 0 Å². The zero-order valence-electron chi connectivity index (χ0n) is 9.32. The van der Waals surface area contributed by atoms with E-state index in [0.29, 0.717) is 10.0 Å². The summed E-state index contributed by atoms with van der Waals surface area (Å²) in [6.07, 6.45) is -0.938. The summed E-state index contributed by atoms with van der Waals surface area (Å²) in [4.78, 5) is 0. The van der Waals surface area contributed by atoms with E-state index in [1.165, 1.54) is 0 Å². The van der Waals surface area contributed by atoms with Crippen molar-refractivity contribution in [1.82, 2.24) is 0 Å². The molecule has 0 saturated heterocycles. The van der Waals surface area contributed by atoms with Crippen molar-refractivity contribution in [3.05, 3.63) is 69.4 Å². The van der Waals surface area contributed by atoms with Crippen molar-refractivity contribution in [2.24, 2.45) is 0 Å². The maximum Gasteiger partial charge on any atom is 0.143 e. The van der Waals surface area contributed by atoms with Crippen LogP contribution in [0.5, 0.6) is 0 Å². The van der Waals surface area contributed by atoms with E-state index >= 15 is 0 Å². The number of aliphatic hydroxyl groups is 1. The van der Waals surface area contributed by atoms with Gasteiger partial charge in [-0.1, -0.05) is 42.0 Å². The molecule has 0 spiro atoms. The average molecular weight is 295 g/mol. The van der Waals surface area contributed by atoms with E-state index in [9.17, 15) is 9.50 Å². The molecule has 2 rings (SSSR count). The van der Waals surface area contributed by atoms with Crippen LogP contribution in [-0.2, 0) is 0 Å². The normalized spacial score (nSPS) is 12.5. The lowest BCUT2D eigenvalue weighted by Gasteiger charge is -2.13.